The molecule has 1 aromatic carbocycles. The second-order valence-corrected chi connectivity index (χ2v) is 13.1. The molecular formula is C19H34Cl2NiOP2. The summed E-state index contributed by atoms with van der Waals surface area (Å²) in [5, 5.41) is 0.546. The topological polar surface area (TPSA) is 17.1 Å². The molecule has 1 aromatic rings. The molecule has 1 nitrogen and oxygen atoms in total. The second-order valence-electron chi connectivity index (χ2n) is 5.05. The van der Waals surface area contributed by atoms with E-state index in [1.807, 2.05) is 0 Å². The van der Waals surface area contributed by atoms with Crippen molar-refractivity contribution in [3.05, 3.63) is 34.9 Å². The van der Waals surface area contributed by atoms with E-state index in [-0.39, 0.29) is 4.75 Å². The molecule has 25 heavy (non-hydrogen) atoms. The van der Waals surface area contributed by atoms with Crippen molar-refractivity contribution < 1.29 is 18.3 Å². The van der Waals surface area contributed by atoms with Gasteiger partial charge in [0.1, 0.15) is 0 Å². The van der Waals surface area contributed by atoms with E-state index in [0.29, 0.717) is 40.0 Å². The summed E-state index contributed by atoms with van der Waals surface area (Å²) in [5.74, 6) is 0. The van der Waals surface area contributed by atoms with Crippen molar-refractivity contribution in [1.82, 2.24) is 0 Å². The van der Waals surface area contributed by atoms with Gasteiger partial charge in [0.2, 0.25) is 0 Å². The summed E-state index contributed by atoms with van der Waals surface area (Å²) in [7, 11) is 6.18. The molecule has 0 aliphatic rings. The first kappa shape index (κ1) is 28.0. The van der Waals surface area contributed by atoms with E-state index in [1.165, 1.54) is 37.0 Å². The summed E-state index contributed by atoms with van der Waals surface area (Å²) in [4.78, 5) is 10.9. The SMILES string of the molecule is CCP(CC)CC.CCP(CC)CC.O=[C]([Ni][Cl])c1cccc(Cl)c1. The van der Waals surface area contributed by atoms with Crippen LogP contribution in [-0.4, -0.2) is 41.7 Å². The van der Waals surface area contributed by atoms with Crippen molar-refractivity contribution in [2.75, 3.05) is 37.0 Å². The Morgan fingerprint density at radius 3 is 1.52 bits per heavy atom. The van der Waals surface area contributed by atoms with Gasteiger partial charge >= 0.3 is 79.7 Å². The van der Waals surface area contributed by atoms with Crippen LogP contribution < -0.4 is 0 Å². The quantitative estimate of drug-likeness (QED) is 0.280. The van der Waals surface area contributed by atoms with Crippen molar-refractivity contribution >= 4 is 42.4 Å². The molecule has 1 rings (SSSR count). The van der Waals surface area contributed by atoms with Crippen LogP contribution in [0.1, 0.15) is 51.9 Å². The fraction of sp³-hybridized carbons (Fsp3) is 0.632. The predicted molar refractivity (Wildman–Crippen MR) is 119 cm³/mol. The summed E-state index contributed by atoms with van der Waals surface area (Å²) < 4.78 is -0.165. The first-order chi connectivity index (χ1) is 11.9. The number of hydrogen-bond acceptors (Lipinski definition) is 1. The van der Waals surface area contributed by atoms with Gasteiger partial charge in [0.25, 0.3) is 0 Å². The van der Waals surface area contributed by atoms with Gasteiger partial charge in [-0.25, -0.2) is 0 Å². The van der Waals surface area contributed by atoms with Gasteiger partial charge in [-0.1, -0.05) is 41.5 Å². The Morgan fingerprint density at radius 2 is 1.28 bits per heavy atom. The maximum absolute atomic E-state index is 10.9. The molecular weight excluding hydrogens is 436 g/mol. The van der Waals surface area contributed by atoms with Crippen LogP contribution in [0, 0.1) is 0 Å². The first-order valence-corrected chi connectivity index (χ1v) is 14.9. The van der Waals surface area contributed by atoms with E-state index in [9.17, 15) is 4.79 Å². The molecule has 0 unspecified atom stereocenters. The van der Waals surface area contributed by atoms with Crippen molar-refractivity contribution in [3.63, 3.8) is 0 Å². The number of carbonyl (C=O) groups excluding carboxylic acids is 1. The zero-order valence-electron chi connectivity index (χ0n) is 16.4. The third-order valence-electron chi connectivity index (χ3n) is 3.77. The molecule has 0 aromatic heterocycles. The summed E-state index contributed by atoms with van der Waals surface area (Å²) >= 11 is 6.14. The molecule has 0 saturated heterocycles. The predicted octanol–water partition coefficient (Wildman–Crippen LogP) is 7.77. The van der Waals surface area contributed by atoms with E-state index in [4.69, 9.17) is 21.8 Å². The van der Waals surface area contributed by atoms with Gasteiger partial charge in [-0.05, 0) is 37.0 Å². The Kier molecular flexibility index (Phi) is 22.0. The van der Waals surface area contributed by atoms with Crippen molar-refractivity contribution in [3.8, 4) is 0 Å². The molecule has 0 heterocycles. The van der Waals surface area contributed by atoms with Crippen LogP contribution in [0.2, 0.25) is 5.02 Å². The van der Waals surface area contributed by atoms with Crippen LogP contribution in [0.3, 0.4) is 0 Å². The number of benzene rings is 1. The summed E-state index contributed by atoms with van der Waals surface area (Å²) in [6.45, 7) is 13.7. The van der Waals surface area contributed by atoms with Crippen molar-refractivity contribution in [1.29, 1.82) is 0 Å². The molecule has 0 spiro atoms. The molecule has 150 valence electrons. The van der Waals surface area contributed by atoms with E-state index >= 15 is 0 Å². The van der Waals surface area contributed by atoms with Gasteiger partial charge in [0.15, 0.2) is 0 Å². The Bertz CT molecular complexity index is 416. The molecule has 0 atom stereocenters. The zero-order chi connectivity index (χ0) is 19.7. The number of rotatable bonds is 8. The molecule has 0 N–H and O–H groups in total. The summed E-state index contributed by atoms with van der Waals surface area (Å²) in [6, 6.07) is 6.69. The molecule has 0 aliphatic heterocycles. The third-order valence-corrected chi connectivity index (χ3v) is 10.3. The van der Waals surface area contributed by atoms with E-state index in [1.54, 1.807) is 24.3 Å². The van der Waals surface area contributed by atoms with Gasteiger partial charge in [0, 0.05) is 0 Å². The van der Waals surface area contributed by atoms with Gasteiger partial charge < -0.3 is 0 Å². The van der Waals surface area contributed by atoms with Crippen molar-refractivity contribution in [2.24, 2.45) is 0 Å². The molecule has 6 heteroatoms. The minimum absolute atomic E-state index is 0.165. The van der Waals surface area contributed by atoms with Crippen LogP contribution in [0.5, 0.6) is 0 Å². The van der Waals surface area contributed by atoms with Gasteiger partial charge in [-0.15, -0.1) is 15.8 Å². The number of hydrogen-bond donors (Lipinski definition) is 0. The van der Waals surface area contributed by atoms with Gasteiger partial charge in [-0.2, -0.15) is 0 Å². The van der Waals surface area contributed by atoms with Crippen LogP contribution >= 0.6 is 37.6 Å². The summed E-state index contributed by atoms with van der Waals surface area (Å²) in [6.07, 6.45) is 8.51. The molecule has 0 radical (unpaired) electrons. The van der Waals surface area contributed by atoms with Gasteiger partial charge in [-0.3, -0.25) is 0 Å². The molecule has 0 aliphatic carbocycles. The van der Waals surface area contributed by atoms with Crippen LogP contribution in [0.4, 0.5) is 0 Å². The molecule has 0 bridgehead atoms. The number of halogens is 2. The average Bonchev–Trinajstić information content (AvgIpc) is 2.65. The Morgan fingerprint density at radius 1 is 0.880 bits per heavy atom. The second kappa shape index (κ2) is 19.6. The molecule has 0 fully saturated rings. The fourth-order valence-corrected chi connectivity index (χ4v) is 5.40. The molecule has 0 amide bonds. The maximum atomic E-state index is 10.9. The van der Waals surface area contributed by atoms with Crippen LogP contribution in [-0.2, 0) is 13.5 Å². The van der Waals surface area contributed by atoms with Crippen LogP contribution in [0.25, 0.3) is 0 Å². The Balaban J connectivity index is 0. The van der Waals surface area contributed by atoms with E-state index < -0.39 is 0 Å². The van der Waals surface area contributed by atoms with Crippen molar-refractivity contribution in [2.45, 2.75) is 41.5 Å². The Labute approximate surface area is 173 Å². The monoisotopic (exact) mass is 468 g/mol. The number of carbonyl (C=O) groups is 1. The third kappa shape index (κ3) is 15.6. The minimum atomic E-state index is -0.165. The standard InChI is InChI=1S/C7H4ClO.2C6H15P.ClH.Ni/c8-7-3-1-2-6(4-7)5-9;2*1-4-7(5-2)6-3;;/h1-4H;2*4-6H2,1-3H3;1H;/q;;;;+1/p-1. The Hall–Kier alpha value is 0.824. The van der Waals surface area contributed by atoms with Crippen LogP contribution in [0.15, 0.2) is 24.3 Å². The normalized spacial score (nSPS) is 10.2. The first-order valence-electron chi connectivity index (χ1n) is 8.88. The van der Waals surface area contributed by atoms with Gasteiger partial charge in [0.05, 0.1) is 0 Å². The van der Waals surface area contributed by atoms with E-state index in [2.05, 4.69) is 41.5 Å². The van der Waals surface area contributed by atoms with E-state index in [0.717, 1.165) is 0 Å². The average molecular weight is 470 g/mol. The zero-order valence-corrected chi connectivity index (χ0v) is 20.7. The summed E-state index contributed by atoms with van der Waals surface area (Å²) in [5.41, 5.74) is 0.535. The molecule has 0 saturated carbocycles. The fourth-order valence-electron chi connectivity index (χ4n) is 1.98.